The number of methoxy groups -OCH3 is 1. The minimum Gasteiger partial charge on any atom is -0.493 e. The lowest BCUT2D eigenvalue weighted by atomic mass is 9.98. The van der Waals surface area contributed by atoms with Crippen LogP contribution in [0.5, 0.6) is 11.5 Å². The fourth-order valence-electron chi connectivity index (χ4n) is 4.56. The van der Waals surface area contributed by atoms with Crippen molar-refractivity contribution in [2.24, 2.45) is 5.92 Å². The largest absolute Gasteiger partial charge is 0.493 e. The van der Waals surface area contributed by atoms with Crippen LogP contribution in [0.1, 0.15) is 56.9 Å². The number of anilines is 1. The van der Waals surface area contributed by atoms with Gasteiger partial charge >= 0.3 is 5.97 Å². The van der Waals surface area contributed by atoms with Crippen LogP contribution in [-0.4, -0.2) is 37.2 Å². The Morgan fingerprint density at radius 3 is 2.71 bits per heavy atom. The molecule has 1 atom stereocenters. The number of fused-ring (bicyclic) bond motifs is 2. The zero-order chi connectivity index (χ0) is 29.4. The first-order valence-electron chi connectivity index (χ1n) is 12.8. The Morgan fingerprint density at radius 2 is 2.00 bits per heavy atom. The summed E-state index contributed by atoms with van der Waals surface area (Å²) in [5, 5.41) is 0.152. The average molecular weight is 579 g/mol. The van der Waals surface area contributed by atoms with E-state index in [2.05, 4.69) is 11.6 Å². The number of rotatable bonds is 9. The molecule has 1 amide bonds. The smallest absolute Gasteiger partial charge is 0.350 e. The molecule has 0 bridgehead atoms. The first-order valence-corrected chi connectivity index (χ1v) is 13.6. The van der Waals surface area contributed by atoms with E-state index < -0.39 is 29.2 Å². The van der Waals surface area contributed by atoms with E-state index in [-0.39, 0.29) is 44.8 Å². The first kappa shape index (κ1) is 28.0. The number of esters is 1. The van der Waals surface area contributed by atoms with Gasteiger partial charge in [-0.15, -0.1) is 0 Å². The third-order valence-electron chi connectivity index (χ3n) is 6.42. The number of hydrogen-bond donors (Lipinski definition) is 0. The molecule has 9 nitrogen and oxygen atoms in total. The van der Waals surface area contributed by atoms with Crippen molar-refractivity contribution >= 4 is 39.3 Å². The molecule has 4 aromatic rings. The standard InChI is InChI=1S/C30H27FN2O7S/c1-6-11-38-29(36)27-16(4)32-30(41-27)33-24(17-7-9-21(22(12-17)37-5)39-14-15(2)3)23-25(34)19-13-18(31)8-10-20(19)40-26(23)28(33)35/h6-10,12-13,15,24H,1,11,14H2,2-5H3. The molecule has 0 spiro atoms. The molecule has 5 rings (SSSR count). The van der Waals surface area contributed by atoms with E-state index in [9.17, 15) is 18.8 Å². The van der Waals surface area contributed by atoms with Gasteiger partial charge in [0.15, 0.2) is 22.1 Å². The number of aromatic nitrogens is 1. The lowest BCUT2D eigenvalue weighted by molar-refractivity contribution is 0.0554. The van der Waals surface area contributed by atoms with Crippen LogP contribution in [0.2, 0.25) is 0 Å². The predicted octanol–water partition coefficient (Wildman–Crippen LogP) is 5.83. The lowest BCUT2D eigenvalue weighted by Crippen LogP contribution is -2.29. The Balaban J connectivity index is 1.70. The molecule has 1 aliphatic heterocycles. The molecule has 0 saturated carbocycles. The molecule has 11 heteroatoms. The van der Waals surface area contributed by atoms with Gasteiger partial charge in [0.1, 0.15) is 22.9 Å². The highest BCUT2D eigenvalue weighted by Crippen LogP contribution is 2.45. The SMILES string of the molecule is C=CCOC(=O)c1sc(N2C(=O)c3oc4ccc(F)cc4c(=O)c3C2c2ccc(OCC(C)C)c(OC)c2)nc1C. The van der Waals surface area contributed by atoms with E-state index >= 15 is 0 Å². The number of carbonyl (C=O) groups is 2. The third kappa shape index (κ3) is 5.08. The van der Waals surface area contributed by atoms with Gasteiger partial charge in [0, 0.05) is 0 Å². The number of nitrogens with zero attached hydrogens (tertiary/aromatic N) is 2. The molecule has 2 aromatic carbocycles. The second-order valence-corrected chi connectivity index (χ2v) is 10.8. The quantitative estimate of drug-likeness (QED) is 0.180. The molecule has 0 fully saturated rings. The van der Waals surface area contributed by atoms with Gasteiger partial charge in [0.05, 0.1) is 36.4 Å². The summed E-state index contributed by atoms with van der Waals surface area (Å²) in [5.41, 5.74) is 0.387. The van der Waals surface area contributed by atoms with Crippen molar-refractivity contribution in [2.75, 3.05) is 25.2 Å². The molecule has 0 radical (unpaired) electrons. The average Bonchev–Trinajstić information content (AvgIpc) is 3.47. The second kappa shape index (κ2) is 11.2. The van der Waals surface area contributed by atoms with Gasteiger partial charge in [-0.2, -0.15) is 0 Å². The normalized spacial score (nSPS) is 14.4. The summed E-state index contributed by atoms with van der Waals surface area (Å²) in [6, 6.07) is 7.61. The number of hydrogen-bond acceptors (Lipinski definition) is 9. The maximum absolute atomic E-state index is 14.1. The molecule has 3 heterocycles. The topological polar surface area (TPSA) is 108 Å². The first-order chi connectivity index (χ1) is 19.6. The lowest BCUT2D eigenvalue weighted by Gasteiger charge is -2.23. The second-order valence-electron chi connectivity index (χ2n) is 9.81. The molecule has 0 aliphatic carbocycles. The molecular formula is C30H27FN2O7S. The van der Waals surface area contributed by atoms with Crippen LogP contribution in [-0.2, 0) is 4.74 Å². The van der Waals surface area contributed by atoms with Crippen LogP contribution in [0.3, 0.4) is 0 Å². The fourth-order valence-corrected chi connectivity index (χ4v) is 5.55. The van der Waals surface area contributed by atoms with Crippen LogP contribution < -0.4 is 19.8 Å². The summed E-state index contributed by atoms with van der Waals surface area (Å²) >= 11 is 0.951. The van der Waals surface area contributed by atoms with E-state index in [0.717, 1.165) is 23.5 Å². The fraction of sp³-hybridized carbons (Fsp3) is 0.267. The van der Waals surface area contributed by atoms with Crippen molar-refractivity contribution in [1.29, 1.82) is 0 Å². The summed E-state index contributed by atoms with van der Waals surface area (Å²) in [7, 11) is 1.49. The van der Waals surface area contributed by atoms with Gasteiger partial charge in [-0.3, -0.25) is 14.5 Å². The molecule has 0 saturated heterocycles. The molecule has 0 N–H and O–H groups in total. The van der Waals surface area contributed by atoms with Crippen molar-refractivity contribution in [3.8, 4) is 11.5 Å². The number of aryl methyl sites for hydroxylation is 1. The summed E-state index contributed by atoms with van der Waals surface area (Å²) in [6.07, 6.45) is 1.44. The maximum atomic E-state index is 14.1. The highest BCUT2D eigenvalue weighted by molar-refractivity contribution is 7.17. The van der Waals surface area contributed by atoms with Crippen molar-refractivity contribution in [3.63, 3.8) is 0 Å². The highest BCUT2D eigenvalue weighted by atomic mass is 32.1. The number of benzene rings is 2. The Hall–Kier alpha value is -4.51. The van der Waals surface area contributed by atoms with E-state index in [1.54, 1.807) is 25.1 Å². The molecule has 1 aliphatic rings. The van der Waals surface area contributed by atoms with E-state index in [1.807, 2.05) is 13.8 Å². The number of carbonyl (C=O) groups excluding carboxylic acids is 2. The number of amides is 1. The van der Waals surface area contributed by atoms with Crippen molar-refractivity contribution < 1.29 is 32.6 Å². The van der Waals surface area contributed by atoms with Gasteiger partial charge in [-0.1, -0.05) is 43.9 Å². The van der Waals surface area contributed by atoms with Crippen LogP contribution in [0.4, 0.5) is 9.52 Å². The number of thiazole rings is 1. The van der Waals surface area contributed by atoms with E-state index in [1.165, 1.54) is 24.2 Å². The van der Waals surface area contributed by atoms with Gasteiger partial charge in [0.25, 0.3) is 5.91 Å². The van der Waals surface area contributed by atoms with Gasteiger partial charge in [-0.05, 0) is 48.7 Å². The Kier molecular flexibility index (Phi) is 7.63. The van der Waals surface area contributed by atoms with Crippen molar-refractivity contribution in [1.82, 2.24) is 4.98 Å². The minimum atomic E-state index is -1.02. The zero-order valence-electron chi connectivity index (χ0n) is 22.9. The Labute approximate surface area is 238 Å². The zero-order valence-corrected chi connectivity index (χ0v) is 23.7. The highest BCUT2D eigenvalue weighted by Gasteiger charge is 2.45. The molecule has 2 aromatic heterocycles. The minimum absolute atomic E-state index is 0.00346. The van der Waals surface area contributed by atoms with Crippen LogP contribution >= 0.6 is 11.3 Å². The van der Waals surface area contributed by atoms with E-state index in [0.29, 0.717) is 29.4 Å². The Morgan fingerprint density at radius 1 is 1.22 bits per heavy atom. The monoisotopic (exact) mass is 578 g/mol. The van der Waals surface area contributed by atoms with Gasteiger partial charge < -0.3 is 18.6 Å². The van der Waals surface area contributed by atoms with Gasteiger partial charge in [0.2, 0.25) is 5.76 Å². The summed E-state index contributed by atoms with van der Waals surface area (Å²) in [4.78, 5) is 46.4. The molecule has 212 valence electrons. The summed E-state index contributed by atoms with van der Waals surface area (Å²) in [5.74, 6) is -0.901. The molecule has 1 unspecified atom stereocenters. The Bertz CT molecular complexity index is 1740. The molecule has 41 heavy (non-hydrogen) atoms. The van der Waals surface area contributed by atoms with Crippen LogP contribution in [0, 0.1) is 18.7 Å². The van der Waals surface area contributed by atoms with Crippen LogP contribution in [0.25, 0.3) is 11.0 Å². The number of halogens is 1. The molecular weight excluding hydrogens is 551 g/mol. The number of ether oxygens (including phenoxy) is 3. The maximum Gasteiger partial charge on any atom is 0.350 e. The van der Waals surface area contributed by atoms with Crippen molar-refractivity contribution in [2.45, 2.75) is 26.8 Å². The van der Waals surface area contributed by atoms with E-state index in [4.69, 9.17) is 18.6 Å². The van der Waals surface area contributed by atoms with Crippen molar-refractivity contribution in [3.05, 3.63) is 92.6 Å². The van der Waals surface area contributed by atoms with Crippen LogP contribution in [0.15, 0.2) is 58.3 Å². The third-order valence-corrected chi connectivity index (χ3v) is 7.55. The predicted molar refractivity (Wildman–Crippen MR) is 152 cm³/mol. The van der Waals surface area contributed by atoms with Gasteiger partial charge in [-0.25, -0.2) is 14.2 Å². The summed E-state index contributed by atoms with van der Waals surface area (Å²) in [6.45, 7) is 9.67. The summed E-state index contributed by atoms with van der Waals surface area (Å²) < 4.78 is 36.7.